The lowest BCUT2D eigenvalue weighted by atomic mass is 10.1. The van der Waals surface area contributed by atoms with E-state index in [1.807, 2.05) is 0 Å². The van der Waals surface area contributed by atoms with Crippen molar-refractivity contribution in [2.24, 2.45) is 0 Å². The number of fused-ring (bicyclic) bond motifs is 1. The highest BCUT2D eigenvalue weighted by molar-refractivity contribution is 7.90. The summed E-state index contributed by atoms with van der Waals surface area (Å²) in [5, 5.41) is 5.91. The van der Waals surface area contributed by atoms with Crippen LogP contribution in [0.25, 0.3) is 11.0 Å². The minimum Gasteiger partial charge on any atom is -0.461 e. The number of rotatable bonds is 6. The fraction of sp³-hybridized carbons (Fsp3) is 0.208. The zero-order valence-corrected chi connectivity index (χ0v) is 19.5. The molecule has 0 saturated carbocycles. The van der Waals surface area contributed by atoms with Crippen LogP contribution in [0.2, 0.25) is 0 Å². The van der Waals surface area contributed by atoms with Crippen molar-refractivity contribution in [3.05, 3.63) is 77.7 Å². The SMILES string of the molecule is Cc1cc2c(Oc3ccc(S(C)(=O)=O)cc3)cc(C(=O)NCC3C=CC(C(F)(F)F)=CN3)cc2o1. The van der Waals surface area contributed by atoms with E-state index >= 15 is 0 Å². The van der Waals surface area contributed by atoms with Gasteiger partial charge in [-0.05, 0) is 49.4 Å². The lowest BCUT2D eigenvalue weighted by Crippen LogP contribution is -2.39. The molecular formula is C24H21F3N2O5S. The third kappa shape index (κ3) is 5.68. The van der Waals surface area contributed by atoms with Crippen LogP contribution in [0, 0.1) is 6.92 Å². The highest BCUT2D eigenvalue weighted by atomic mass is 32.2. The molecule has 0 saturated heterocycles. The van der Waals surface area contributed by atoms with E-state index in [-0.39, 0.29) is 17.0 Å². The van der Waals surface area contributed by atoms with Crippen molar-refractivity contribution in [1.82, 2.24) is 10.6 Å². The number of amides is 1. The average Bonchev–Trinajstić information content (AvgIpc) is 3.17. The third-order valence-corrected chi connectivity index (χ3v) is 6.36. The lowest BCUT2D eigenvalue weighted by molar-refractivity contribution is -0.0888. The Balaban J connectivity index is 1.51. The van der Waals surface area contributed by atoms with Crippen LogP contribution in [-0.4, -0.2) is 39.3 Å². The van der Waals surface area contributed by atoms with Crippen molar-refractivity contribution in [2.75, 3.05) is 12.8 Å². The van der Waals surface area contributed by atoms with Gasteiger partial charge in [-0.25, -0.2) is 8.42 Å². The molecule has 1 atom stereocenters. The van der Waals surface area contributed by atoms with E-state index in [4.69, 9.17) is 9.15 Å². The first kappa shape index (κ1) is 24.4. The van der Waals surface area contributed by atoms with Gasteiger partial charge in [0.25, 0.3) is 5.91 Å². The predicted octanol–water partition coefficient (Wildman–Crippen LogP) is 4.64. The van der Waals surface area contributed by atoms with Crippen molar-refractivity contribution >= 4 is 26.7 Å². The molecule has 1 aliphatic rings. The van der Waals surface area contributed by atoms with E-state index in [9.17, 15) is 26.4 Å². The van der Waals surface area contributed by atoms with E-state index in [2.05, 4.69) is 10.6 Å². The number of alkyl halides is 3. The molecule has 35 heavy (non-hydrogen) atoms. The first-order chi connectivity index (χ1) is 16.4. The van der Waals surface area contributed by atoms with Crippen LogP contribution in [0.1, 0.15) is 16.1 Å². The van der Waals surface area contributed by atoms with E-state index < -0.39 is 33.5 Å². The van der Waals surface area contributed by atoms with Crippen LogP contribution < -0.4 is 15.4 Å². The zero-order chi connectivity index (χ0) is 25.4. The van der Waals surface area contributed by atoms with Crippen molar-refractivity contribution < 1.29 is 35.5 Å². The fourth-order valence-corrected chi connectivity index (χ4v) is 4.09. The summed E-state index contributed by atoms with van der Waals surface area (Å²) < 4.78 is 73.1. The van der Waals surface area contributed by atoms with Crippen molar-refractivity contribution in [2.45, 2.75) is 24.0 Å². The molecular weight excluding hydrogens is 485 g/mol. The number of furan rings is 1. The summed E-state index contributed by atoms with van der Waals surface area (Å²) in [6, 6.07) is 10.1. The van der Waals surface area contributed by atoms with Crippen LogP contribution >= 0.6 is 0 Å². The molecule has 0 spiro atoms. The topological polar surface area (TPSA) is 97.6 Å². The minimum absolute atomic E-state index is 0.0509. The Morgan fingerprint density at radius 3 is 2.49 bits per heavy atom. The zero-order valence-electron chi connectivity index (χ0n) is 18.6. The van der Waals surface area contributed by atoms with Gasteiger partial charge in [0.15, 0.2) is 9.84 Å². The maximum atomic E-state index is 12.8. The number of aryl methyl sites for hydroxylation is 1. The van der Waals surface area contributed by atoms with Gasteiger partial charge in [0.05, 0.1) is 21.9 Å². The Hall–Kier alpha value is -3.73. The molecule has 3 aromatic rings. The van der Waals surface area contributed by atoms with E-state index in [1.54, 1.807) is 19.1 Å². The molecule has 1 unspecified atom stereocenters. The maximum absolute atomic E-state index is 12.8. The summed E-state index contributed by atoms with van der Waals surface area (Å²) in [6.45, 7) is 1.80. The maximum Gasteiger partial charge on any atom is 0.417 e. The fourth-order valence-electron chi connectivity index (χ4n) is 3.46. The van der Waals surface area contributed by atoms with Gasteiger partial charge in [-0.15, -0.1) is 0 Å². The Morgan fingerprint density at radius 2 is 1.89 bits per heavy atom. The number of hydrogen-bond donors (Lipinski definition) is 2. The van der Waals surface area contributed by atoms with Crippen LogP contribution in [0.3, 0.4) is 0 Å². The van der Waals surface area contributed by atoms with Gasteiger partial charge in [-0.3, -0.25) is 4.79 Å². The first-order valence-electron chi connectivity index (χ1n) is 10.4. The molecule has 2 aromatic carbocycles. The lowest BCUT2D eigenvalue weighted by Gasteiger charge is -2.20. The number of halogens is 3. The number of nitrogens with one attached hydrogen (secondary N) is 2. The highest BCUT2D eigenvalue weighted by Crippen LogP contribution is 2.34. The summed E-state index contributed by atoms with van der Waals surface area (Å²) in [5.41, 5.74) is -0.169. The van der Waals surface area contributed by atoms with Gasteiger partial charge >= 0.3 is 6.18 Å². The molecule has 11 heteroatoms. The van der Waals surface area contributed by atoms with Crippen molar-refractivity contribution in [3.8, 4) is 11.5 Å². The second-order valence-electron chi connectivity index (χ2n) is 8.03. The summed E-state index contributed by atoms with van der Waals surface area (Å²) in [7, 11) is -3.36. The number of dihydropyridines is 1. The molecule has 1 amide bonds. The molecule has 0 fully saturated rings. The number of sulfone groups is 1. The molecule has 4 rings (SSSR count). The molecule has 0 radical (unpaired) electrons. The van der Waals surface area contributed by atoms with E-state index in [1.165, 1.54) is 36.4 Å². The normalized spacial score (nSPS) is 16.0. The number of allylic oxidation sites excluding steroid dienone is 2. The third-order valence-electron chi connectivity index (χ3n) is 5.24. The van der Waals surface area contributed by atoms with Gasteiger partial charge < -0.3 is 19.8 Å². The molecule has 1 aliphatic heterocycles. The Morgan fingerprint density at radius 1 is 1.17 bits per heavy atom. The quantitative estimate of drug-likeness (QED) is 0.506. The molecule has 0 aliphatic carbocycles. The number of ether oxygens (including phenoxy) is 1. The molecule has 0 bridgehead atoms. The van der Waals surface area contributed by atoms with Crippen LogP contribution in [0.5, 0.6) is 11.5 Å². The molecule has 7 nitrogen and oxygen atoms in total. The van der Waals surface area contributed by atoms with E-state index in [0.717, 1.165) is 18.5 Å². The van der Waals surface area contributed by atoms with Gasteiger partial charge in [0.1, 0.15) is 22.8 Å². The minimum atomic E-state index is -4.45. The Bertz CT molecular complexity index is 1440. The standard InChI is InChI=1S/C24H21F3N2O5S/c1-14-9-20-21(33-14)10-15(11-22(20)34-18-5-7-19(8-6-18)35(2,31)32)23(30)29-13-17-4-3-16(12-28-17)24(25,26)27/h3-12,17,28H,13H2,1-2H3,(H,29,30). The van der Waals surface area contributed by atoms with Crippen molar-refractivity contribution in [1.29, 1.82) is 0 Å². The summed E-state index contributed by atoms with van der Waals surface area (Å²) >= 11 is 0. The van der Waals surface area contributed by atoms with Crippen LogP contribution in [0.4, 0.5) is 13.2 Å². The number of hydrogen-bond acceptors (Lipinski definition) is 6. The summed E-state index contributed by atoms with van der Waals surface area (Å²) in [4.78, 5) is 12.9. The highest BCUT2D eigenvalue weighted by Gasteiger charge is 2.33. The first-order valence-corrected chi connectivity index (χ1v) is 12.3. The second kappa shape index (κ2) is 9.14. The van der Waals surface area contributed by atoms with Gasteiger partial charge in [0.2, 0.25) is 0 Å². The summed E-state index contributed by atoms with van der Waals surface area (Å²) in [5.74, 6) is 0.807. The van der Waals surface area contributed by atoms with Crippen LogP contribution in [-0.2, 0) is 9.84 Å². The largest absolute Gasteiger partial charge is 0.461 e. The Kier molecular flexibility index (Phi) is 6.37. The van der Waals surface area contributed by atoms with Gasteiger partial charge in [-0.1, -0.05) is 12.2 Å². The Labute approximate surface area is 199 Å². The number of carbonyl (C=O) groups is 1. The summed E-state index contributed by atoms with van der Waals surface area (Å²) in [6.07, 6.45) is -0.179. The van der Waals surface area contributed by atoms with E-state index in [0.29, 0.717) is 28.2 Å². The monoisotopic (exact) mass is 506 g/mol. The van der Waals surface area contributed by atoms with Gasteiger partial charge in [0, 0.05) is 24.6 Å². The van der Waals surface area contributed by atoms with Crippen LogP contribution in [0.15, 0.2) is 75.7 Å². The second-order valence-corrected chi connectivity index (χ2v) is 10.0. The predicted molar refractivity (Wildman–Crippen MR) is 123 cm³/mol. The molecule has 2 N–H and O–H groups in total. The molecule has 184 valence electrons. The number of carbonyl (C=O) groups excluding carboxylic acids is 1. The van der Waals surface area contributed by atoms with Gasteiger partial charge in [-0.2, -0.15) is 13.2 Å². The number of benzene rings is 2. The average molecular weight is 507 g/mol. The molecule has 1 aromatic heterocycles. The van der Waals surface area contributed by atoms with Crippen molar-refractivity contribution in [3.63, 3.8) is 0 Å². The molecule has 2 heterocycles. The smallest absolute Gasteiger partial charge is 0.417 e.